The molecule has 1 fully saturated rings. The number of thiazole rings is 1. The van der Waals surface area contributed by atoms with Crippen LogP contribution in [0.5, 0.6) is 0 Å². The number of imidazole rings is 1. The molecule has 3 aromatic rings. The number of hydrogen-bond donors (Lipinski definition) is 4. The Morgan fingerprint density at radius 1 is 1.38 bits per heavy atom. The number of anilines is 2. The number of oxime groups is 1. The fourth-order valence-corrected chi connectivity index (χ4v) is 6.32. The zero-order chi connectivity index (χ0) is 28.4. The number of β-lactam (4-membered cyclic amide) rings is 1. The van der Waals surface area contributed by atoms with Gasteiger partial charge in [-0.3, -0.25) is 14.5 Å². The number of rotatable bonds is 11. The largest absolute Gasteiger partial charge is 0.543 e. The lowest BCUT2D eigenvalue weighted by Gasteiger charge is -2.50. The van der Waals surface area contributed by atoms with Gasteiger partial charge in [0.15, 0.2) is 22.9 Å². The Morgan fingerprint density at radius 3 is 2.90 bits per heavy atom. The van der Waals surface area contributed by atoms with Gasteiger partial charge in [-0.2, -0.15) is 0 Å². The van der Waals surface area contributed by atoms with E-state index in [1.807, 2.05) is 16.7 Å². The minimum atomic E-state index is -1.47. The maximum atomic E-state index is 13.1. The molecule has 0 aliphatic carbocycles. The number of carbonyl (C=O) groups is 3. The van der Waals surface area contributed by atoms with E-state index in [0.29, 0.717) is 30.2 Å². The van der Waals surface area contributed by atoms with Crippen LogP contribution in [-0.2, 0) is 25.8 Å². The number of nitrogens with one attached hydrogen (secondary N) is 2. The number of carboxylic acids is 1. The monoisotopic (exact) mass is 586 g/mol. The molecule has 2 aliphatic rings. The van der Waals surface area contributed by atoms with Crippen molar-refractivity contribution in [1.29, 1.82) is 0 Å². The summed E-state index contributed by atoms with van der Waals surface area (Å²) in [5.74, 6) is -1.74. The Hall–Kier alpha value is -4.22. The highest BCUT2D eigenvalue weighted by molar-refractivity contribution is 8.00. The molecular weight excluding hydrogens is 560 g/mol. The molecule has 2 atom stereocenters. The van der Waals surface area contributed by atoms with Gasteiger partial charge in [0.25, 0.3) is 11.8 Å². The summed E-state index contributed by atoms with van der Waals surface area (Å²) >= 11 is 2.46. The van der Waals surface area contributed by atoms with Crippen molar-refractivity contribution in [3.8, 4) is 0 Å². The number of nitrogen functional groups attached to an aromatic ring is 1. The molecule has 210 valence electrons. The maximum absolute atomic E-state index is 13.1. The van der Waals surface area contributed by atoms with Crippen molar-refractivity contribution >= 4 is 63.2 Å². The van der Waals surface area contributed by atoms with Gasteiger partial charge in [0.1, 0.15) is 37.0 Å². The highest BCUT2D eigenvalue weighted by atomic mass is 32.2. The van der Waals surface area contributed by atoms with Gasteiger partial charge in [-0.1, -0.05) is 14.8 Å². The van der Waals surface area contributed by atoms with Gasteiger partial charge >= 0.3 is 5.65 Å². The second kappa shape index (κ2) is 11.5. The number of amides is 2. The number of aromatic nitrogens is 4. The van der Waals surface area contributed by atoms with Gasteiger partial charge in [0, 0.05) is 29.3 Å². The van der Waals surface area contributed by atoms with E-state index < -0.39 is 29.2 Å². The average Bonchev–Trinajstić information content (AvgIpc) is 3.55. The lowest BCUT2D eigenvalue weighted by molar-refractivity contribution is -0.662. The minimum absolute atomic E-state index is 0.151. The third-order valence-electron chi connectivity index (χ3n) is 6.26. The lowest BCUT2D eigenvalue weighted by Crippen LogP contribution is -2.71. The quantitative estimate of drug-likeness (QED) is 0.0627. The van der Waals surface area contributed by atoms with E-state index in [-0.39, 0.29) is 28.8 Å². The zero-order valence-corrected chi connectivity index (χ0v) is 22.9. The first-order valence-electron chi connectivity index (χ1n) is 12.2. The van der Waals surface area contributed by atoms with Crippen LogP contribution in [-0.4, -0.2) is 80.4 Å². The Balaban J connectivity index is 1.33. The highest BCUT2D eigenvalue weighted by Gasteiger charge is 2.53. The molecule has 0 spiro atoms. The molecule has 15 nitrogen and oxygen atoms in total. The van der Waals surface area contributed by atoms with Crippen LogP contribution in [0.25, 0.3) is 5.65 Å². The van der Waals surface area contributed by atoms with Crippen LogP contribution in [0.2, 0.25) is 0 Å². The van der Waals surface area contributed by atoms with Gasteiger partial charge in [0.05, 0.1) is 11.7 Å². The molecule has 2 amide bonds. The van der Waals surface area contributed by atoms with Crippen LogP contribution in [0.3, 0.4) is 0 Å². The summed E-state index contributed by atoms with van der Waals surface area (Å²) in [4.78, 5) is 48.2. The summed E-state index contributed by atoms with van der Waals surface area (Å²) in [6, 6.07) is 2.73. The Kier molecular flexibility index (Phi) is 7.85. The molecule has 0 aromatic carbocycles. The fraction of sp³-hybridized carbons (Fsp3) is 0.348. The Bertz CT molecular complexity index is 1530. The van der Waals surface area contributed by atoms with Crippen LogP contribution in [0.1, 0.15) is 12.1 Å². The highest BCUT2D eigenvalue weighted by Crippen LogP contribution is 2.40. The van der Waals surface area contributed by atoms with Crippen LogP contribution in [0.4, 0.5) is 10.9 Å². The predicted molar refractivity (Wildman–Crippen MR) is 145 cm³/mol. The van der Waals surface area contributed by atoms with Crippen molar-refractivity contribution in [3.05, 3.63) is 46.9 Å². The molecule has 3 aromatic heterocycles. The Morgan fingerprint density at radius 2 is 2.20 bits per heavy atom. The third-order valence-corrected chi connectivity index (χ3v) is 8.27. The van der Waals surface area contributed by atoms with E-state index in [0.717, 1.165) is 28.3 Å². The summed E-state index contributed by atoms with van der Waals surface area (Å²) < 4.78 is 3.52. The SMILES string of the molecule is CO/N=C(\C(=O)N[C@@H]1C(=O)N2C(C(=O)[O-])=C(C[n+]3ccn4nc(NCCCN)ccc43)CS[C@H]12)c1csc(N)n1. The number of aliphatic carboxylic acids is 1. The molecule has 17 heteroatoms. The summed E-state index contributed by atoms with van der Waals surface area (Å²) in [5.41, 5.74) is 12.3. The lowest BCUT2D eigenvalue weighted by atomic mass is 10.0. The normalized spacial score (nSPS) is 18.9. The van der Waals surface area contributed by atoms with Gasteiger partial charge in [0.2, 0.25) is 0 Å². The molecule has 0 saturated carbocycles. The third kappa shape index (κ3) is 5.17. The second-order valence-corrected chi connectivity index (χ2v) is 10.8. The molecule has 5 heterocycles. The van der Waals surface area contributed by atoms with Crippen molar-refractivity contribution in [3.63, 3.8) is 0 Å². The van der Waals surface area contributed by atoms with Crippen LogP contribution < -0.4 is 31.8 Å². The molecule has 40 heavy (non-hydrogen) atoms. The van der Waals surface area contributed by atoms with Gasteiger partial charge in [-0.05, 0) is 19.0 Å². The number of carboxylic acid groups (broad SMARTS) is 1. The minimum Gasteiger partial charge on any atom is -0.543 e. The maximum Gasteiger partial charge on any atom is 0.307 e. The number of fused-ring (bicyclic) bond motifs is 2. The number of thioether (sulfide) groups is 1. The molecule has 0 unspecified atom stereocenters. The number of hydrogen-bond acceptors (Lipinski definition) is 13. The summed E-state index contributed by atoms with van der Waals surface area (Å²) in [5, 5.41) is 27.4. The smallest absolute Gasteiger partial charge is 0.307 e. The van der Waals surface area contributed by atoms with Crippen molar-refractivity contribution in [2.75, 3.05) is 37.0 Å². The molecule has 5 rings (SSSR count). The first kappa shape index (κ1) is 27.4. The molecule has 0 bridgehead atoms. The first-order valence-corrected chi connectivity index (χ1v) is 14.1. The standard InChI is InChI=1S/C23H26N10O5S2/c1-38-30-16(13-11-40-23(25)27-13)19(34)28-17-20(35)33-18(22(36)37)12(10-39-21(17)33)9-31-7-8-32-15(31)4-3-14(29-32)26-6-2-5-24/h3-4,7-8,11,17,21H,2,5-6,9-10,24H2,1H3,(H4-,25,26,27,28,29,34,36,37)/b30-16-/t17-,21-/m1/s1. The number of nitrogens with two attached hydrogens (primary N) is 2. The van der Waals surface area contributed by atoms with Crippen molar-refractivity contribution in [1.82, 2.24) is 24.8 Å². The number of carbonyl (C=O) groups excluding carboxylic acids is 3. The average molecular weight is 587 g/mol. The zero-order valence-electron chi connectivity index (χ0n) is 21.3. The van der Waals surface area contributed by atoms with E-state index in [4.69, 9.17) is 16.3 Å². The molecule has 1 saturated heterocycles. The van der Waals surface area contributed by atoms with Crippen molar-refractivity contribution < 1.29 is 28.9 Å². The van der Waals surface area contributed by atoms with Crippen molar-refractivity contribution in [2.45, 2.75) is 24.4 Å². The van der Waals surface area contributed by atoms with Gasteiger partial charge < -0.3 is 36.8 Å². The van der Waals surface area contributed by atoms with Crippen molar-refractivity contribution in [2.24, 2.45) is 10.9 Å². The van der Waals surface area contributed by atoms with Crippen LogP contribution in [0, 0.1) is 0 Å². The van der Waals surface area contributed by atoms with Crippen LogP contribution in [0.15, 0.2) is 46.3 Å². The van der Waals surface area contributed by atoms with E-state index >= 15 is 0 Å². The van der Waals surface area contributed by atoms with Crippen LogP contribution >= 0.6 is 23.1 Å². The van der Waals surface area contributed by atoms with E-state index in [1.165, 1.54) is 24.3 Å². The van der Waals surface area contributed by atoms with E-state index in [2.05, 4.69) is 25.9 Å². The first-order chi connectivity index (χ1) is 19.3. The molecular formula is C23H26N10O5S2. The molecule has 2 aliphatic heterocycles. The molecule has 6 N–H and O–H groups in total. The summed E-state index contributed by atoms with van der Waals surface area (Å²) in [6.07, 6.45) is 4.36. The number of nitrogens with zero attached hydrogens (tertiary/aromatic N) is 6. The van der Waals surface area contributed by atoms with E-state index in [1.54, 1.807) is 16.9 Å². The summed E-state index contributed by atoms with van der Waals surface area (Å²) in [7, 11) is 1.27. The van der Waals surface area contributed by atoms with Gasteiger partial charge in [-0.15, -0.1) is 23.1 Å². The van der Waals surface area contributed by atoms with E-state index in [9.17, 15) is 19.5 Å². The Labute approximate surface area is 235 Å². The topological polar surface area (TPSA) is 209 Å². The predicted octanol–water partition coefficient (Wildman–Crippen LogP) is -2.12. The fourth-order valence-electron chi connectivity index (χ4n) is 4.43. The second-order valence-electron chi connectivity index (χ2n) is 8.81. The summed E-state index contributed by atoms with van der Waals surface area (Å²) in [6.45, 7) is 1.48. The van der Waals surface area contributed by atoms with Gasteiger partial charge in [-0.25, -0.2) is 9.55 Å². The molecule has 0 radical (unpaired) electrons.